The van der Waals surface area contributed by atoms with E-state index in [4.69, 9.17) is 28.5 Å². The number of nitrogens with one attached hydrogen (secondary N) is 4. The Bertz CT molecular complexity index is 824. The van der Waals surface area contributed by atoms with Crippen molar-refractivity contribution in [1.82, 2.24) is 15.6 Å². The Morgan fingerprint density at radius 3 is 2.90 bits per heavy atom. The van der Waals surface area contributed by atoms with Gasteiger partial charge in [-0.05, 0) is 48.4 Å². The maximum atomic E-state index is 7.69. The summed E-state index contributed by atoms with van der Waals surface area (Å²) in [6.45, 7) is 4.88. The predicted molar refractivity (Wildman–Crippen MR) is 123 cm³/mol. The van der Waals surface area contributed by atoms with Crippen LogP contribution >= 0.6 is 11.6 Å². The van der Waals surface area contributed by atoms with E-state index < -0.39 is 0 Å². The number of halogens is 1. The fourth-order valence-corrected chi connectivity index (χ4v) is 2.87. The van der Waals surface area contributed by atoms with E-state index in [2.05, 4.69) is 34.8 Å². The fraction of sp³-hybridized carbons (Fsp3) is 0.333. The van der Waals surface area contributed by atoms with Crippen LogP contribution in [-0.4, -0.2) is 29.8 Å². The van der Waals surface area contributed by atoms with Crippen molar-refractivity contribution in [2.24, 2.45) is 17.4 Å². The van der Waals surface area contributed by atoms with Gasteiger partial charge in [0.1, 0.15) is 6.17 Å². The van der Waals surface area contributed by atoms with Crippen LogP contribution in [0.15, 0.2) is 48.2 Å². The Balaban J connectivity index is 2.12. The quantitative estimate of drug-likeness (QED) is 0.151. The van der Waals surface area contributed by atoms with Gasteiger partial charge in [-0.1, -0.05) is 13.8 Å². The number of allylic oxidation sites excluding steroid dienone is 3. The monoisotopic (exact) mass is 415 g/mol. The summed E-state index contributed by atoms with van der Waals surface area (Å²) in [5, 5.41) is 17.5. The second-order valence-corrected chi connectivity index (χ2v) is 7.32. The van der Waals surface area contributed by atoms with Crippen LogP contribution in [0.2, 0.25) is 0 Å². The number of anilines is 1. The standard InChI is InChI=1S/C21H30ClN7/c1-14(2)15(10-23)9-20(25)29-21-5-4-18-19(28-21)8-16(13-27-18)17(11-24)12-26-7-3-6-22/h4-5,8-14,21,24,26,28-29H,3,6-7,23,25H2,1-2H3/b15-10+,17-12+,20-9+,24-11?. The molecule has 2 heterocycles. The second kappa shape index (κ2) is 11.2. The van der Waals surface area contributed by atoms with Crippen LogP contribution < -0.4 is 27.4 Å². The summed E-state index contributed by atoms with van der Waals surface area (Å²) >= 11 is 5.69. The molecule has 29 heavy (non-hydrogen) atoms. The number of nitrogens with two attached hydrogens (primary N) is 2. The molecule has 1 aromatic rings. The Morgan fingerprint density at radius 1 is 1.45 bits per heavy atom. The third kappa shape index (κ3) is 6.57. The first-order valence-electron chi connectivity index (χ1n) is 9.59. The second-order valence-electron chi connectivity index (χ2n) is 6.94. The highest BCUT2D eigenvalue weighted by Crippen LogP contribution is 2.24. The number of nitrogens with zero attached hydrogens (tertiary/aromatic N) is 1. The lowest BCUT2D eigenvalue weighted by Gasteiger charge is -2.24. The molecule has 0 saturated carbocycles. The highest BCUT2D eigenvalue weighted by Gasteiger charge is 2.15. The number of pyridine rings is 1. The van der Waals surface area contributed by atoms with Crippen LogP contribution in [0, 0.1) is 11.3 Å². The summed E-state index contributed by atoms with van der Waals surface area (Å²) in [5.41, 5.74) is 16.0. The van der Waals surface area contributed by atoms with Gasteiger partial charge in [-0.2, -0.15) is 0 Å². The van der Waals surface area contributed by atoms with Gasteiger partial charge >= 0.3 is 0 Å². The number of alkyl halides is 1. The minimum Gasteiger partial charge on any atom is -0.404 e. The van der Waals surface area contributed by atoms with Crippen molar-refractivity contribution in [3.63, 3.8) is 0 Å². The van der Waals surface area contributed by atoms with Crippen molar-refractivity contribution in [1.29, 1.82) is 5.41 Å². The molecule has 0 saturated heterocycles. The molecule has 1 aliphatic heterocycles. The Morgan fingerprint density at radius 2 is 2.24 bits per heavy atom. The topological polar surface area (TPSA) is 125 Å². The molecule has 8 N–H and O–H groups in total. The van der Waals surface area contributed by atoms with Gasteiger partial charge in [-0.25, -0.2) is 0 Å². The van der Waals surface area contributed by atoms with Gasteiger partial charge in [0, 0.05) is 42.2 Å². The van der Waals surface area contributed by atoms with Crippen molar-refractivity contribution in [2.45, 2.75) is 26.4 Å². The van der Waals surface area contributed by atoms with Gasteiger partial charge in [0.25, 0.3) is 0 Å². The number of hydrogen-bond acceptors (Lipinski definition) is 7. The lowest BCUT2D eigenvalue weighted by Crippen LogP contribution is -2.38. The molecule has 2 rings (SSSR count). The number of fused-ring (bicyclic) bond motifs is 1. The molecular weight excluding hydrogens is 386 g/mol. The summed E-state index contributed by atoms with van der Waals surface area (Å²) in [6.07, 6.45) is 12.9. The highest BCUT2D eigenvalue weighted by atomic mass is 35.5. The minimum atomic E-state index is -0.184. The molecule has 0 spiro atoms. The van der Waals surface area contributed by atoms with Gasteiger partial charge in [0.15, 0.2) is 0 Å². The van der Waals surface area contributed by atoms with Crippen LogP contribution in [0.4, 0.5) is 5.69 Å². The molecule has 0 fully saturated rings. The molecule has 156 valence electrons. The normalized spacial score (nSPS) is 17.0. The summed E-state index contributed by atoms with van der Waals surface area (Å²) in [4.78, 5) is 4.49. The van der Waals surface area contributed by atoms with Crippen molar-refractivity contribution in [2.75, 3.05) is 17.7 Å². The van der Waals surface area contributed by atoms with E-state index in [1.165, 1.54) is 6.21 Å². The minimum absolute atomic E-state index is 0.184. The molecule has 0 radical (unpaired) electrons. The molecule has 0 amide bonds. The van der Waals surface area contributed by atoms with E-state index in [0.29, 0.717) is 11.7 Å². The molecule has 0 aliphatic carbocycles. The van der Waals surface area contributed by atoms with E-state index in [-0.39, 0.29) is 12.1 Å². The lowest BCUT2D eigenvalue weighted by molar-refractivity contribution is 0.720. The van der Waals surface area contributed by atoms with Crippen molar-refractivity contribution >= 4 is 35.2 Å². The van der Waals surface area contributed by atoms with Crippen molar-refractivity contribution < 1.29 is 0 Å². The SMILES string of the molecule is CC(C)C(=C/N)/C=C(\N)NC1C=Cc2ncc(/C(C=N)=C/NCCCCl)cc2N1. The molecule has 1 atom stereocenters. The molecule has 7 nitrogen and oxygen atoms in total. The van der Waals surface area contributed by atoms with Gasteiger partial charge in [0.2, 0.25) is 0 Å². The molecule has 0 aromatic carbocycles. The first kappa shape index (κ1) is 22.4. The maximum Gasteiger partial charge on any atom is 0.117 e. The molecule has 1 aliphatic rings. The lowest BCUT2D eigenvalue weighted by atomic mass is 10.0. The van der Waals surface area contributed by atoms with Gasteiger partial charge in [-0.15, -0.1) is 11.6 Å². The Hall–Kier alpha value is -2.93. The zero-order valence-electron chi connectivity index (χ0n) is 16.9. The maximum absolute atomic E-state index is 7.69. The van der Waals surface area contributed by atoms with Crippen LogP contribution in [0.3, 0.4) is 0 Å². The Kier molecular flexibility index (Phi) is 8.61. The largest absolute Gasteiger partial charge is 0.404 e. The molecule has 8 heteroatoms. The van der Waals surface area contributed by atoms with Crippen LogP contribution in [0.5, 0.6) is 0 Å². The molecule has 1 aromatic heterocycles. The first-order valence-corrected chi connectivity index (χ1v) is 10.1. The summed E-state index contributed by atoms with van der Waals surface area (Å²) in [5.74, 6) is 1.41. The summed E-state index contributed by atoms with van der Waals surface area (Å²) in [7, 11) is 0. The van der Waals surface area contributed by atoms with Gasteiger partial charge in [0.05, 0.1) is 17.2 Å². The number of rotatable bonds is 10. The number of aromatic nitrogens is 1. The van der Waals surface area contributed by atoms with Crippen molar-refractivity contribution in [3.8, 4) is 0 Å². The fourth-order valence-electron chi connectivity index (χ4n) is 2.74. The highest BCUT2D eigenvalue weighted by molar-refractivity contribution is 6.17. The number of hydrogen-bond donors (Lipinski definition) is 6. The average molecular weight is 416 g/mol. The van der Waals surface area contributed by atoms with Crippen molar-refractivity contribution in [3.05, 3.63) is 59.5 Å². The van der Waals surface area contributed by atoms with E-state index in [9.17, 15) is 0 Å². The smallest absolute Gasteiger partial charge is 0.117 e. The van der Waals surface area contributed by atoms with Gasteiger partial charge < -0.3 is 32.8 Å². The first-order chi connectivity index (χ1) is 14.0. The summed E-state index contributed by atoms with van der Waals surface area (Å²) in [6, 6.07) is 1.97. The van der Waals surface area contributed by atoms with Crippen LogP contribution in [-0.2, 0) is 0 Å². The summed E-state index contributed by atoms with van der Waals surface area (Å²) < 4.78 is 0. The van der Waals surface area contributed by atoms with E-state index in [0.717, 1.165) is 41.1 Å². The third-order valence-electron chi connectivity index (χ3n) is 4.38. The average Bonchev–Trinajstić information content (AvgIpc) is 2.71. The zero-order valence-corrected chi connectivity index (χ0v) is 17.6. The van der Waals surface area contributed by atoms with E-state index in [1.54, 1.807) is 12.4 Å². The molecule has 0 bridgehead atoms. The van der Waals surface area contributed by atoms with Crippen LogP contribution in [0.25, 0.3) is 11.6 Å². The third-order valence-corrected chi connectivity index (χ3v) is 4.65. The zero-order chi connectivity index (χ0) is 21.2. The van der Waals surface area contributed by atoms with E-state index >= 15 is 0 Å². The molecular formula is C21H30ClN7. The van der Waals surface area contributed by atoms with Crippen LogP contribution in [0.1, 0.15) is 31.5 Å². The predicted octanol–water partition coefficient (Wildman–Crippen LogP) is 2.94. The van der Waals surface area contributed by atoms with E-state index in [1.807, 2.05) is 30.5 Å². The Labute approximate surface area is 177 Å². The van der Waals surface area contributed by atoms with Gasteiger partial charge in [-0.3, -0.25) is 4.98 Å². The molecule has 1 unspecified atom stereocenters.